The van der Waals surface area contributed by atoms with Crippen molar-refractivity contribution < 1.29 is 24.4 Å². The molecule has 0 aromatic carbocycles. The Bertz CT molecular complexity index is 89.7. The summed E-state index contributed by atoms with van der Waals surface area (Å²) in [6.07, 6.45) is 1.64. The van der Waals surface area contributed by atoms with Crippen molar-refractivity contribution in [3.8, 4) is 0 Å². The molecule has 0 aliphatic rings. The Morgan fingerprint density at radius 3 is 1.88 bits per heavy atom. The molecule has 1 radical (unpaired) electrons. The molecule has 0 spiro atoms. The minimum absolute atomic E-state index is 0. The molecular weight excluding hydrogens is 227 g/mol. The van der Waals surface area contributed by atoms with Crippen LogP contribution >= 0.6 is 0 Å². The second-order valence-corrected chi connectivity index (χ2v) is 2.74. The molecule has 0 atom stereocenters. The maximum atomic E-state index is 9.84. The van der Waals surface area contributed by atoms with Crippen molar-refractivity contribution in [3.63, 3.8) is 0 Å². The molecule has 0 heterocycles. The Balaban J connectivity index is -0.000000200. The van der Waals surface area contributed by atoms with E-state index < -0.39 is 6.29 Å². The van der Waals surface area contributed by atoms with Gasteiger partial charge in [-0.05, 0) is 6.42 Å². The molecule has 0 N–H and O–H groups in total. The number of rotatable bonds is 8. The Morgan fingerprint density at radius 2 is 1.62 bits per heavy atom. The van der Waals surface area contributed by atoms with Gasteiger partial charge in [0.25, 0.3) is 0 Å². The van der Waals surface area contributed by atoms with Crippen LogP contribution in [-0.2, 0) is 14.2 Å². The summed E-state index contributed by atoms with van der Waals surface area (Å²) in [6.45, 7) is 2.77. The fourth-order valence-corrected chi connectivity index (χ4v) is 0.640. The van der Waals surface area contributed by atoms with Gasteiger partial charge >= 0.3 is 17.4 Å². The van der Waals surface area contributed by atoms with E-state index in [0.29, 0.717) is 6.61 Å². The molecule has 0 aromatic heterocycles. The van der Waals surface area contributed by atoms with Gasteiger partial charge in [-0.25, -0.2) is 0 Å². The molecule has 0 unspecified atom stereocenters. The largest absolute Gasteiger partial charge is 2.00 e. The number of ether oxygens (including phenoxy) is 3. The molecule has 0 saturated heterocycles. The van der Waals surface area contributed by atoms with Gasteiger partial charge in [0.1, 0.15) is 6.29 Å². The average Bonchev–Trinajstić information content (AvgIpc) is 2.28. The SMILES string of the molecule is CCCCOCC[O-].COC(C[O-])OC.[Al+2]. The summed E-state index contributed by atoms with van der Waals surface area (Å²) in [7, 11) is 2.87. The molecule has 0 bridgehead atoms. The Labute approximate surface area is 109 Å². The van der Waals surface area contributed by atoms with E-state index in [2.05, 4.69) is 16.4 Å². The number of unbranched alkanes of at least 4 members (excludes halogenated alkanes) is 1. The Morgan fingerprint density at radius 1 is 1.06 bits per heavy atom. The van der Waals surface area contributed by atoms with Crippen LogP contribution in [0.3, 0.4) is 0 Å². The van der Waals surface area contributed by atoms with Gasteiger partial charge in [-0.2, -0.15) is 0 Å². The maximum Gasteiger partial charge on any atom is 2.00 e. The normalized spacial score (nSPS) is 9.38. The van der Waals surface area contributed by atoms with Crippen LogP contribution in [0.5, 0.6) is 0 Å². The van der Waals surface area contributed by atoms with Crippen LogP contribution < -0.4 is 10.2 Å². The van der Waals surface area contributed by atoms with E-state index in [4.69, 9.17) is 4.74 Å². The zero-order chi connectivity index (χ0) is 11.9. The second-order valence-electron chi connectivity index (χ2n) is 2.74. The van der Waals surface area contributed by atoms with E-state index in [9.17, 15) is 10.2 Å². The van der Waals surface area contributed by atoms with Crippen LogP contribution in [0.15, 0.2) is 0 Å². The zero-order valence-electron chi connectivity index (χ0n) is 10.4. The smallest absolute Gasteiger partial charge is 0.853 e. The molecular formula is C10H22AlO5. The van der Waals surface area contributed by atoms with E-state index in [1.165, 1.54) is 14.2 Å². The van der Waals surface area contributed by atoms with Gasteiger partial charge in [0.15, 0.2) is 0 Å². The summed E-state index contributed by atoms with van der Waals surface area (Å²) in [6, 6.07) is 0. The minimum atomic E-state index is -0.569. The van der Waals surface area contributed by atoms with Gasteiger partial charge in [-0.1, -0.05) is 20.0 Å². The second kappa shape index (κ2) is 20.7. The molecule has 6 heteroatoms. The van der Waals surface area contributed by atoms with E-state index in [1.54, 1.807) is 0 Å². The summed E-state index contributed by atoms with van der Waals surface area (Å²) < 4.78 is 13.9. The molecule has 0 amide bonds. The number of hydrogen-bond acceptors (Lipinski definition) is 5. The van der Waals surface area contributed by atoms with Crippen molar-refractivity contribution >= 4 is 17.4 Å². The molecule has 0 aliphatic heterocycles. The van der Waals surface area contributed by atoms with E-state index in [1.807, 2.05) is 0 Å². The molecule has 0 saturated carbocycles. The van der Waals surface area contributed by atoms with E-state index in [0.717, 1.165) is 19.4 Å². The monoisotopic (exact) mass is 249 g/mol. The predicted octanol–water partition coefficient (Wildman–Crippen LogP) is -1.25. The van der Waals surface area contributed by atoms with Gasteiger partial charge in [0, 0.05) is 27.4 Å². The van der Waals surface area contributed by atoms with Crippen molar-refractivity contribution in [3.05, 3.63) is 0 Å². The Kier molecular flexibility index (Phi) is 28.0. The third kappa shape index (κ3) is 19.8. The first-order chi connectivity index (χ1) is 7.26. The van der Waals surface area contributed by atoms with Crippen LogP contribution in [0.25, 0.3) is 0 Å². The molecule has 0 aliphatic carbocycles. The number of methoxy groups -OCH3 is 2. The first-order valence-electron chi connectivity index (χ1n) is 5.06. The van der Waals surface area contributed by atoms with Crippen LogP contribution in [0.4, 0.5) is 0 Å². The number of hydrogen-bond donors (Lipinski definition) is 0. The van der Waals surface area contributed by atoms with Crippen LogP contribution in [0.1, 0.15) is 19.8 Å². The third-order valence-electron chi connectivity index (χ3n) is 1.53. The topological polar surface area (TPSA) is 73.8 Å². The summed E-state index contributed by atoms with van der Waals surface area (Å²) >= 11 is 0. The van der Waals surface area contributed by atoms with Crippen molar-refractivity contribution in [2.24, 2.45) is 0 Å². The zero-order valence-corrected chi connectivity index (χ0v) is 11.6. The summed E-state index contributed by atoms with van der Waals surface area (Å²) in [5, 5.41) is 19.6. The molecule has 16 heavy (non-hydrogen) atoms. The van der Waals surface area contributed by atoms with Gasteiger partial charge < -0.3 is 24.4 Å². The quantitative estimate of drug-likeness (QED) is 0.305. The predicted molar refractivity (Wildman–Crippen MR) is 59.0 cm³/mol. The van der Waals surface area contributed by atoms with Crippen LogP contribution in [0.2, 0.25) is 0 Å². The van der Waals surface area contributed by atoms with Crippen LogP contribution in [-0.4, -0.2) is 64.3 Å². The van der Waals surface area contributed by atoms with Gasteiger partial charge in [-0.15, -0.1) is 6.61 Å². The summed E-state index contributed by atoms with van der Waals surface area (Å²) in [4.78, 5) is 0. The van der Waals surface area contributed by atoms with E-state index in [-0.39, 0.29) is 30.6 Å². The third-order valence-corrected chi connectivity index (χ3v) is 1.53. The minimum Gasteiger partial charge on any atom is -0.853 e. The van der Waals surface area contributed by atoms with Crippen LogP contribution in [0, 0.1) is 0 Å². The van der Waals surface area contributed by atoms with Gasteiger partial charge in [-0.3, -0.25) is 0 Å². The maximum absolute atomic E-state index is 9.84. The molecule has 5 nitrogen and oxygen atoms in total. The first kappa shape index (κ1) is 21.6. The summed E-state index contributed by atoms with van der Waals surface area (Å²) in [5.74, 6) is 0. The van der Waals surface area contributed by atoms with Crippen molar-refractivity contribution in [1.29, 1.82) is 0 Å². The van der Waals surface area contributed by atoms with E-state index >= 15 is 0 Å². The molecule has 0 aromatic rings. The molecule has 0 rings (SSSR count). The standard InChI is InChI=1S/C6H13O2.C4H9O3.Al/c1-2-3-5-8-6-4-7;1-6-4(3-5)7-2;/h2-6H2,1H3;4H,3H2,1-2H3;/q2*-1;+2. The summed E-state index contributed by atoms with van der Waals surface area (Å²) in [5.41, 5.74) is 0. The van der Waals surface area contributed by atoms with Gasteiger partial charge in [0.05, 0.1) is 0 Å². The van der Waals surface area contributed by atoms with Crippen molar-refractivity contribution in [2.45, 2.75) is 26.1 Å². The first-order valence-corrected chi connectivity index (χ1v) is 5.06. The fraction of sp³-hybridized carbons (Fsp3) is 1.00. The van der Waals surface area contributed by atoms with Crippen molar-refractivity contribution in [2.75, 3.05) is 40.6 Å². The molecule has 0 fully saturated rings. The fourth-order valence-electron chi connectivity index (χ4n) is 0.640. The van der Waals surface area contributed by atoms with Crippen molar-refractivity contribution in [1.82, 2.24) is 0 Å². The molecule has 95 valence electrons. The Hall–Kier alpha value is 0.332. The average molecular weight is 249 g/mol. The van der Waals surface area contributed by atoms with Gasteiger partial charge in [0.2, 0.25) is 0 Å².